The average Bonchev–Trinajstić information content (AvgIpc) is 2.16. The molecule has 0 fully saturated rings. The number of ether oxygens (including phenoxy) is 1. The Kier molecular flexibility index (Phi) is 3.33. The number of phenols is 1. The molecule has 0 saturated heterocycles. The summed E-state index contributed by atoms with van der Waals surface area (Å²) in [6.45, 7) is 1.57. The van der Waals surface area contributed by atoms with Gasteiger partial charge in [-0.15, -0.1) is 0 Å². The smallest absolute Gasteiger partial charge is 0.127 e. The Bertz CT molecular complexity index is 312. The number of methoxy groups -OCH3 is 1. The van der Waals surface area contributed by atoms with Crippen molar-refractivity contribution >= 4 is 0 Å². The fourth-order valence-electron chi connectivity index (χ4n) is 1.29. The molecule has 2 atom stereocenters. The maximum absolute atomic E-state index is 9.57. The van der Waals surface area contributed by atoms with Crippen molar-refractivity contribution in [3.05, 3.63) is 23.8 Å². The van der Waals surface area contributed by atoms with Crippen LogP contribution in [-0.2, 0) is 0 Å². The molecule has 4 N–H and O–H groups in total. The van der Waals surface area contributed by atoms with E-state index in [9.17, 15) is 10.2 Å². The number of phenolic OH excluding ortho intramolecular Hbond substituents is 1. The third-order valence-electron chi connectivity index (χ3n) is 2.12. The highest BCUT2D eigenvalue weighted by Gasteiger charge is 2.20. The number of rotatable bonds is 3. The summed E-state index contributed by atoms with van der Waals surface area (Å²) < 4.78 is 5.05. The van der Waals surface area contributed by atoms with Crippen molar-refractivity contribution < 1.29 is 14.9 Å². The van der Waals surface area contributed by atoms with Gasteiger partial charge in [0.2, 0.25) is 0 Å². The lowest BCUT2D eigenvalue weighted by atomic mass is 10.0. The fourth-order valence-corrected chi connectivity index (χ4v) is 1.29. The van der Waals surface area contributed by atoms with Crippen molar-refractivity contribution in [3.8, 4) is 11.5 Å². The van der Waals surface area contributed by atoms with E-state index in [1.165, 1.54) is 13.2 Å². The van der Waals surface area contributed by atoms with Gasteiger partial charge in [0.1, 0.15) is 11.5 Å². The molecule has 1 aromatic rings. The zero-order chi connectivity index (χ0) is 10.7. The minimum atomic E-state index is -0.739. The summed E-state index contributed by atoms with van der Waals surface area (Å²) in [6.07, 6.45) is -0.739. The third kappa shape index (κ3) is 1.97. The molecular weight excluding hydrogens is 182 g/mol. The van der Waals surface area contributed by atoms with Crippen LogP contribution in [0.3, 0.4) is 0 Å². The first-order valence-electron chi connectivity index (χ1n) is 4.37. The highest BCUT2D eigenvalue weighted by Crippen LogP contribution is 2.33. The van der Waals surface area contributed by atoms with E-state index in [1.807, 2.05) is 0 Å². The van der Waals surface area contributed by atoms with E-state index < -0.39 is 12.1 Å². The largest absolute Gasteiger partial charge is 0.507 e. The van der Waals surface area contributed by atoms with Crippen LogP contribution in [-0.4, -0.2) is 23.4 Å². The number of aliphatic hydroxyl groups excluding tert-OH is 1. The molecule has 0 heterocycles. The summed E-state index contributed by atoms with van der Waals surface area (Å²) in [5.74, 6) is 0.524. The van der Waals surface area contributed by atoms with E-state index in [-0.39, 0.29) is 5.75 Å². The van der Waals surface area contributed by atoms with Crippen molar-refractivity contribution in [1.29, 1.82) is 0 Å². The maximum Gasteiger partial charge on any atom is 0.127 e. The highest BCUT2D eigenvalue weighted by molar-refractivity contribution is 5.46. The van der Waals surface area contributed by atoms with Crippen LogP contribution in [0.15, 0.2) is 18.2 Å². The first-order valence-corrected chi connectivity index (χ1v) is 4.37. The number of nitrogens with two attached hydrogens (primary N) is 1. The molecule has 0 spiro atoms. The SMILES string of the molecule is COc1cccc(O)c1[C@@H](N)[C@@H](C)O. The second kappa shape index (κ2) is 4.30. The summed E-state index contributed by atoms with van der Waals surface area (Å²) in [6, 6.07) is 4.22. The molecule has 14 heavy (non-hydrogen) atoms. The molecule has 1 rings (SSSR count). The average molecular weight is 197 g/mol. The molecule has 1 aromatic carbocycles. The Balaban J connectivity index is 3.16. The summed E-state index contributed by atoms with van der Waals surface area (Å²) in [5.41, 5.74) is 6.16. The fraction of sp³-hybridized carbons (Fsp3) is 0.400. The molecule has 78 valence electrons. The second-order valence-electron chi connectivity index (χ2n) is 3.16. The molecule has 0 aliphatic heterocycles. The molecule has 0 amide bonds. The minimum Gasteiger partial charge on any atom is -0.507 e. The molecule has 0 bridgehead atoms. The molecule has 0 radical (unpaired) electrons. The zero-order valence-corrected chi connectivity index (χ0v) is 8.27. The van der Waals surface area contributed by atoms with E-state index in [0.29, 0.717) is 11.3 Å². The van der Waals surface area contributed by atoms with E-state index in [4.69, 9.17) is 10.5 Å². The Morgan fingerprint density at radius 1 is 1.43 bits per heavy atom. The number of aromatic hydroxyl groups is 1. The molecule has 0 aliphatic carbocycles. The summed E-state index contributed by atoms with van der Waals surface area (Å²) >= 11 is 0. The Morgan fingerprint density at radius 2 is 2.07 bits per heavy atom. The first-order chi connectivity index (χ1) is 6.57. The number of aliphatic hydroxyl groups is 1. The van der Waals surface area contributed by atoms with Gasteiger partial charge in [-0.05, 0) is 19.1 Å². The third-order valence-corrected chi connectivity index (χ3v) is 2.12. The standard InChI is InChI=1S/C10H15NO3/c1-6(12)10(11)9-7(13)4-3-5-8(9)14-2/h3-6,10,12-13H,11H2,1-2H3/t6-,10+/m1/s1. The van der Waals surface area contributed by atoms with Crippen LogP contribution >= 0.6 is 0 Å². The lowest BCUT2D eigenvalue weighted by Gasteiger charge is -2.19. The van der Waals surface area contributed by atoms with Gasteiger partial charge in [0.05, 0.1) is 24.8 Å². The van der Waals surface area contributed by atoms with Gasteiger partial charge >= 0.3 is 0 Å². The van der Waals surface area contributed by atoms with Crippen LogP contribution in [0.1, 0.15) is 18.5 Å². The van der Waals surface area contributed by atoms with Gasteiger partial charge < -0.3 is 20.7 Å². The van der Waals surface area contributed by atoms with Crippen LogP contribution in [0.25, 0.3) is 0 Å². The van der Waals surface area contributed by atoms with Gasteiger partial charge in [0.25, 0.3) is 0 Å². The van der Waals surface area contributed by atoms with E-state index >= 15 is 0 Å². The second-order valence-corrected chi connectivity index (χ2v) is 3.16. The maximum atomic E-state index is 9.57. The van der Waals surface area contributed by atoms with Crippen LogP contribution in [0, 0.1) is 0 Å². The molecular formula is C10H15NO3. The summed E-state index contributed by atoms with van der Waals surface area (Å²) in [5, 5.41) is 18.9. The normalized spacial score (nSPS) is 14.9. The highest BCUT2D eigenvalue weighted by atomic mass is 16.5. The van der Waals surface area contributed by atoms with Crippen molar-refractivity contribution in [2.45, 2.75) is 19.1 Å². The quantitative estimate of drug-likeness (QED) is 0.669. The minimum absolute atomic E-state index is 0.0396. The molecule has 0 aliphatic rings. The predicted molar refractivity (Wildman–Crippen MR) is 53.3 cm³/mol. The van der Waals surface area contributed by atoms with E-state index in [2.05, 4.69) is 0 Å². The summed E-state index contributed by atoms with van der Waals surface area (Å²) in [7, 11) is 1.49. The lowest BCUT2D eigenvalue weighted by molar-refractivity contribution is 0.161. The predicted octanol–water partition coefficient (Wildman–Crippen LogP) is 0.781. The first kappa shape index (κ1) is 10.8. The van der Waals surface area contributed by atoms with Crippen molar-refractivity contribution in [2.24, 2.45) is 5.73 Å². The number of benzene rings is 1. The van der Waals surface area contributed by atoms with Crippen molar-refractivity contribution in [3.63, 3.8) is 0 Å². The van der Waals surface area contributed by atoms with E-state index in [1.54, 1.807) is 19.1 Å². The van der Waals surface area contributed by atoms with Crippen LogP contribution < -0.4 is 10.5 Å². The Labute approximate surface area is 82.9 Å². The number of hydrogen-bond donors (Lipinski definition) is 3. The molecule has 0 unspecified atom stereocenters. The van der Waals surface area contributed by atoms with Crippen LogP contribution in [0.5, 0.6) is 11.5 Å². The summed E-state index contributed by atoms with van der Waals surface area (Å²) in [4.78, 5) is 0. The van der Waals surface area contributed by atoms with Crippen LogP contribution in [0.2, 0.25) is 0 Å². The lowest BCUT2D eigenvalue weighted by Crippen LogP contribution is -2.23. The molecule has 4 nitrogen and oxygen atoms in total. The van der Waals surface area contributed by atoms with Gasteiger partial charge in [-0.2, -0.15) is 0 Å². The van der Waals surface area contributed by atoms with Crippen molar-refractivity contribution in [1.82, 2.24) is 0 Å². The monoisotopic (exact) mass is 197 g/mol. The molecule has 0 saturated carbocycles. The van der Waals surface area contributed by atoms with Crippen LogP contribution in [0.4, 0.5) is 0 Å². The van der Waals surface area contributed by atoms with Gasteiger partial charge in [0.15, 0.2) is 0 Å². The van der Waals surface area contributed by atoms with E-state index in [0.717, 1.165) is 0 Å². The Morgan fingerprint density at radius 3 is 2.57 bits per heavy atom. The van der Waals surface area contributed by atoms with Gasteiger partial charge in [-0.3, -0.25) is 0 Å². The van der Waals surface area contributed by atoms with Gasteiger partial charge in [-0.1, -0.05) is 6.07 Å². The topological polar surface area (TPSA) is 75.7 Å². The number of hydrogen-bond acceptors (Lipinski definition) is 4. The molecule has 4 heteroatoms. The zero-order valence-electron chi connectivity index (χ0n) is 8.27. The van der Waals surface area contributed by atoms with Gasteiger partial charge in [-0.25, -0.2) is 0 Å². The molecule has 0 aromatic heterocycles. The van der Waals surface area contributed by atoms with Gasteiger partial charge in [0, 0.05) is 0 Å². The van der Waals surface area contributed by atoms with Crippen molar-refractivity contribution in [2.75, 3.05) is 7.11 Å². The Hall–Kier alpha value is -1.26.